The molecule has 0 N–H and O–H groups in total. The van der Waals surface area contributed by atoms with Crippen LogP contribution in [0, 0.1) is 64.2 Å². The Bertz CT molecular complexity index is 736. The van der Waals surface area contributed by atoms with Crippen LogP contribution in [0.5, 0.6) is 0 Å². The van der Waals surface area contributed by atoms with Gasteiger partial charge in [-0.1, -0.05) is 36.4 Å². The van der Waals surface area contributed by atoms with Crippen molar-refractivity contribution in [2.24, 2.45) is 0 Å². The predicted octanol–water partition coefficient (Wildman–Crippen LogP) is 6.69. The molecule has 126 valence electrons. The Morgan fingerprint density at radius 3 is 1.62 bits per heavy atom. The Balaban J connectivity index is 0.000000167. The molecule has 0 spiro atoms. The maximum absolute atomic E-state index is 5.31. The van der Waals surface area contributed by atoms with Crippen molar-refractivity contribution >= 4 is 53.4 Å². The number of thiophene rings is 1. The summed E-state index contributed by atoms with van der Waals surface area (Å²) in [5.74, 6) is 0. The van der Waals surface area contributed by atoms with Gasteiger partial charge in [0.2, 0.25) is 0 Å². The minimum absolute atomic E-state index is 0.962. The summed E-state index contributed by atoms with van der Waals surface area (Å²) >= 11 is 8.56. The first kappa shape index (κ1) is 22.2. The number of hydrogen-bond acceptors (Lipinski definition) is 2. The molecule has 26 heavy (non-hydrogen) atoms. The second-order valence-corrected chi connectivity index (χ2v) is 6.65. The molecule has 0 amide bonds. The fraction of sp³-hybridized carbons (Fsp3) is 0. The second kappa shape index (κ2) is 13.1. The van der Waals surface area contributed by atoms with Crippen LogP contribution >= 0.6 is 20.6 Å². The molecule has 0 atom stereocenters. The van der Waals surface area contributed by atoms with Crippen molar-refractivity contribution in [3.8, 4) is 0 Å². The van der Waals surface area contributed by atoms with E-state index in [0.29, 0.717) is 0 Å². The molecule has 3 aromatic rings. The zero-order chi connectivity index (χ0) is 18.6. The summed E-state index contributed by atoms with van der Waals surface area (Å²) in [4.78, 5) is 0.962. The summed E-state index contributed by atoms with van der Waals surface area (Å²) in [6.45, 7) is 0. The monoisotopic (exact) mass is 428 g/mol. The number of benzene rings is 2. The van der Waals surface area contributed by atoms with E-state index in [1.807, 2.05) is 76.3 Å². The number of rotatable bonds is 0. The molecule has 0 unspecified atom stereocenters. The maximum atomic E-state index is 5.31. The Morgan fingerprint density at radius 2 is 1.08 bits per heavy atom. The molecular formula is C22H17ClS2Ti+2. The first-order chi connectivity index (χ1) is 12.9. The Labute approximate surface area is 183 Å². The molecule has 4 heteroatoms. The van der Waals surface area contributed by atoms with E-state index < -0.39 is 0 Å². The van der Waals surface area contributed by atoms with E-state index in [2.05, 4.69) is 39.6 Å². The van der Waals surface area contributed by atoms with Crippen molar-refractivity contribution < 1.29 is 19.4 Å². The largest absolute Gasteiger partial charge is 0.778 e. The van der Waals surface area contributed by atoms with Crippen LogP contribution in [0.2, 0.25) is 0 Å². The van der Waals surface area contributed by atoms with Crippen LogP contribution < -0.4 is 0 Å². The SMILES string of the molecule is [CH]1[CH][CH][CH][CH]1.[CH]1[CH][CH][CH][CH]1.[Cl][Ti+3].[S-]c1cccc2c1sc1ccccc12. The molecule has 2 aliphatic carbocycles. The van der Waals surface area contributed by atoms with Gasteiger partial charge in [-0.05, 0) is 75.7 Å². The van der Waals surface area contributed by atoms with E-state index in [9.17, 15) is 0 Å². The topological polar surface area (TPSA) is 0 Å². The molecule has 5 rings (SSSR count). The smallest absolute Gasteiger partial charge is 0.0354 e. The molecule has 1 aromatic heterocycles. The van der Waals surface area contributed by atoms with Gasteiger partial charge in [0, 0.05) is 14.8 Å². The van der Waals surface area contributed by atoms with Gasteiger partial charge in [0.1, 0.15) is 0 Å². The molecule has 0 aliphatic heterocycles. The fourth-order valence-corrected chi connectivity index (χ4v) is 3.79. The number of hydrogen-bond donors (Lipinski definition) is 0. The molecule has 0 bridgehead atoms. The third-order valence-electron chi connectivity index (χ3n) is 3.48. The second-order valence-electron chi connectivity index (χ2n) is 5.16. The van der Waals surface area contributed by atoms with Gasteiger partial charge in [-0.25, -0.2) is 0 Å². The minimum atomic E-state index is 0.962. The van der Waals surface area contributed by atoms with Crippen LogP contribution in [0.3, 0.4) is 0 Å². The van der Waals surface area contributed by atoms with Crippen molar-refractivity contribution in [3.05, 3.63) is 107 Å². The van der Waals surface area contributed by atoms with E-state index in [1.165, 1.54) is 39.5 Å². The number of fused-ring (bicyclic) bond motifs is 3. The zero-order valence-electron chi connectivity index (χ0n) is 14.0. The molecule has 10 radical (unpaired) electrons. The van der Waals surface area contributed by atoms with Gasteiger partial charge < -0.3 is 12.6 Å². The molecule has 0 nitrogen and oxygen atoms in total. The van der Waals surface area contributed by atoms with E-state index in [-0.39, 0.29) is 0 Å². The standard InChI is InChI=1S/C12H8S2.2C5H5.ClH.Ti/c13-10-6-3-5-9-8-4-1-2-7-11(8)14-12(9)10;2*1-2-4-5-3-1;;/h1-7,13H;2*1-5H;1H;/q;;;;+4/p-2. The van der Waals surface area contributed by atoms with Crippen molar-refractivity contribution in [2.45, 2.75) is 4.90 Å². The summed E-state index contributed by atoms with van der Waals surface area (Å²) in [5, 5.41) is 2.61. The van der Waals surface area contributed by atoms with E-state index >= 15 is 0 Å². The average Bonchev–Trinajstić information content (AvgIpc) is 3.47. The van der Waals surface area contributed by atoms with E-state index in [0.717, 1.165) is 4.90 Å². The molecule has 1 heterocycles. The van der Waals surface area contributed by atoms with Crippen LogP contribution in [0.25, 0.3) is 20.2 Å². The van der Waals surface area contributed by atoms with Gasteiger partial charge in [0.15, 0.2) is 0 Å². The molecular weight excluding hydrogens is 412 g/mol. The van der Waals surface area contributed by atoms with E-state index in [4.69, 9.17) is 12.6 Å². The van der Waals surface area contributed by atoms with Crippen LogP contribution in [0.1, 0.15) is 0 Å². The van der Waals surface area contributed by atoms with Gasteiger partial charge in [-0.15, -0.1) is 11.3 Å². The number of halogens is 1. The van der Waals surface area contributed by atoms with Crippen LogP contribution in [-0.4, -0.2) is 0 Å². The third kappa shape index (κ3) is 6.80. The van der Waals surface area contributed by atoms with Crippen LogP contribution in [0.15, 0.2) is 47.4 Å². The Kier molecular flexibility index (Phi) is 11.2. The maximum Gasteiger partial charge on any atom is 0.0354 e. The molecule has 2 fully saturated rings. The third-order valence-corrected chi connectivity index (χ3v) is 5.17. The zero-order valence-corrected chi connectivity index (χ0v) is 18.0. The van der Waals surface area contributed by atoms with Gasteiger partial charge in [-0.3, -0.25) is 0 Å². The summed E-state index contributed by atoms with van der Waals surface area (Å²) in [6.07, 6.45) is 20.0. The molecule has 0 saturated heterocycles. The molecule has 2 aliphatic rings. The van der Waals surface area contributed by atoms with Crippen molar-refractivity contribution in [3.63, 3.8) is 0 Å². The summed E-state index contributed by atoms with van der Waals surface area (Å²) in [6, 6.07) is 14.6. The first-order valence-electron chi connectivity index (χ1n) is 7.96. The summed E-state index contributed by atoms with van der Waals surface area (Å²) < 4.78 is 2.56. The minimum Gasteiger partial charge on any atom is -0.778 e. The normalized spacial score (nSPS) is 15.5. The van der Waals surface area contributed by atoms with Crippen molar-refractivity contribution in [1.29, 1.82) is 0 Å². The van der Waals surface area contributed by atoms with Gasteiger partial charge >= 0.3 is 28.7 Å². The summed E-state index contributed by atoms with van der Waals surface area (Å²) in [5.41, 5.74) is 0. The van der Waals surface area contributed by atoms with Gasteiger partial charge in [-0.2, -0.15) is 4.90 Å². The molecule has 2 aromatic carbocycles. The Hall–Kier alpha value is -0.116. The Morgan fingerprint density at radius 1 is 0.615 bits per heavy atom. The molecule has 2 saturated carbocycles. The van der Waals surface area contributed by atoms with Gasteiger partial charge in [0.05, 0.1) is 0 Å². The summed E-state index contributed by atoms with van der Waals surface area (Å²) in [7, 11) is 4.64. The van der Waals surface area contributed by atoms with Crippen molar-refractivity contribution in [1.82, 2.24) is 0 Å². The quantitative estimate of drug-likeness (QED) is 0.284. The fourth-order valence-electron chi connectivity index (χ4n) is 2.36. The van der Waals surface area contributed by atoms with Gasteiger partial charge in [0.25, 0.3) is 0 Å². The average molecular weight is 429 g/mol. The van der Waals surface area contributed by atoms with Crippen LogP contribution in [-0.2, 0) is 32.0 Å². The van der Waals surface area contributed by atoms with Crippen LogP contribution in [0.4, 0.5) is 0 Å². The van der Waals surface area contributed by atoms with Crippen molar-refractivity contribution in [2.75, 3.05) is 0 Å². The predicted molar refractivity (Wildman–Crippen MR) is 114 cm³/mol. The first-order valence-corrected chi connectivity index (χ1v) is 11.3. The van der Waals surface area contributed by atoms with E-state index in [1.54, 1.807) is 11.3 Å².